The molecule has 0 saturated carbocycles. The van der Waals surface area contributed by atoms with Gasteiger partial charge in [0.2, 0.25) is 0 Å². The third-order valence-corrected chi connectivity index (χ3v) is 5.25. The molecule has 2 N–H and O–H groups in total. The number of hydrogen-bond donors (Lipinski definition) is 2. The molecule has 1 fully saturated rings. The van der Waals surface area contributed by atoms with E-state index in [4.69, 9.17) is 23.2 Å². The van der Waals surface area contributed by atoms with E-state index in [-0.39, 0.29) is 39.3 Å². The van der Waals surface area contributed by atoms with Crippen LogP contribution in [0.5, 0.6) is 0 Å². The van der Waals surface area contributed by atoms with E-state index in [0.29, 0.717) is 11.3 Å². The summed E-state index contributed by atoms with van der Waals surface area (Å²) in [6, 6.07) is 4.86. The van der Waals surface area contributed by atoms with Crippen LogP contribution in [0.2, 0.25) is 10.0 Å². The van der Waals surface area contributed by atoms with Crippen LogP contribution >= 0.6 is 23.2 Å². The minimum atomic E-state index is -0.359. The van der Waals surface area contributed by atoms with Gasteiger partial charge in [0.15, 0.2) is 5.78 Å². The summed E-state index contributed by atoms with van der Waals surface area (Å²) in [5, 5.41) is 9.06. The van der Waals surface area contributed by atoms with Crippen LogP contribution < -0.4 is 5.43 Å². The van der Waals surface area contributed by atoms with Crippen LogP contribution in [0.4, 0.5) is 0 Å². The number of amides is 1. The highest BCUT2D eigenvalue weighted by Gasteiger charge is 2.23. The summed E-state index contributed by atoms with van der Waals surface area (Å²) in [6.45, 7) is 7.08. The van der Waals surface area contributed by atoms with Gasteiger partial charge in [-0.2, -0.15) is 5.10 Å². The number of nitrogens with one attached hydrogen (secondary N) is 2. The van der Waals surface area contributed by atoms with Gasteiger partial charge in [0, 0.05) is 38.2 Å². The number of rotatable bonds is 6. The van der Waals surface area contributed by atoms with Crippen molar-refractivity contribution in [3.63, 3.8) is 0 Å². The molecule has 7 nitrogen and oxygen atoms in total. The van der Waals surface area contributed by atoms with Crippen LogP contribution in [0.3, 0.4) is 0 Å². The zero-order chi connectivity index (χ0) is 20.3. The summed E-state index contributed by atoms with van der Waals surface area (Å²) >= 11 is 12.2. The minimum Gasteiger partial charge on any atom is -0.304 e. The fourth-order valence-corrected chi connectivity index (χ4v) is 3.53. The number of Topliss-reactive ketones (excluding diaryl/α,β-unsaturated/α-hetero) is 1. The van der Waals surface area contributed by atoms with Gasteiger partial charge in [-0.3, -0.25) is 20.1 Å². The van der Waals surface area contributed by atoms with E-state index >= 15 is 0 Å². The number of hydrogen-bond acceptors (Lipinski definition) is 5. The number of benzene rings is 1. The van der Waals surface area contributed by atoms with Crippen LogP contribution in [-0.2, 0) is 6.42 Å². The maximum Gasteiger partial charge on any atom is 0.283 e. The molecule has 1 aromatic carbocycles. The highest BCUT2D eigenvalue weighted by atomic mass is 35.5. The fourth-order valence-electron chi connectivity index (χ4n) is 2.96. The van der Waals surface area contributed by atoms with Crippen molar-refractivity contribution in [2.75, 3.05) is 33.2 Å². The van der Waals surface area contributed by atoms with E-state index in [2.05, 4.69) is 27.1 Å². The second-order valence-corrected chi connectivity index (χ2v) is 7.52. The molecule has 1 amide bonds. The zero-order valence-corrected chi connectivity index (χ0v) is 17.0. The maximum atomic E-state index is 12.7. The third-order valence-electron chi connectivity index (χ3n) is 4.62. The minimum absolute atomic E-state index is 0.155. The predicted molar refractivity (Wildman–Crippen MR) is 109 cm³/mol. The predicted octanol–water partition coefficient (Wildman–Crippen LogP) is 2.59. The van der Waals surface area contributed by atoms with Crippen molar-refractivity contribution >= 4 is 34.9 Å². The molecule has 1 aliphatic rings. The quantitative estimate of drug-likeness (QED) is 0.553. The molecule has 9 heteroatoms. The lowest BCUT2D eigenvalue weighted by Gasteiger charge is -2.32. The highest BCUT2D eigenvalue weighted by Crippen LogP contribution is 2.27. The van der Waals surface area contributed by atoms with Crippen molar-refractivity contribution in [1.82, 2.24) is 25.5 Å². The van der Waals surface area contributed by atoms with E-state index in [1.165, 1.54) is 6.20 Å². The Kier molecular flexibility index (Phi) is 6.51. The van der Waals surface area contributed by atoms with Crippen molar-refractivity contribution in [3.8, 4) is 0 Å². The standard InChI is InChI=1S/C19H21Cl2N5O2/c1-12(18(27)16-14(20)4-3-5-15(16)21)10-13-11-22-23-17(13)19(28)24-26-8-6-25(2)7-9-26/h3-5,11H,1,6-10H2,2H3,(H,22,23)(H,24,28). The van der Waals surface area contributed by atoms with Crippen LogP contribution in [0, 0.1) is 0 Å². The Bertz CT molecular complexity index is 883. The van der Waals surface area contributed by atoms with Gasteiger partial charge in [0.1, 0.15) is 5.69 Å². The van der Waals surface area contributed by atoms with Crippen LogP contribution in [0.15, 0.2) is 36.5 Å². The SMILES string of the molecule is C=C(Cc1cn[nH]c1C(=O)NN1CCN(C)CC1)C(=O)c1c(Cl)cccc1Cl. The summed E-state index contributed by atoms with van der Waals surface area (Å²) in [6.07, 6.45) is 1.67. The molecule has 1 aliphatic heterocycles. The molecule has 148 valence electrons. The van der Waals surface area contributed by atoms with E-state index < -0.39 is 0 Å². The number of likely N-dealkylation sites (N-methyl/N-ethyl adjacent to an activating group) is 1. The molecule has 0 radical (unpaired) electrons. The monoisotopic (exact) mass is 421 g/mol. The Morgan fingerprint density at radius 1 is 1.21 bits per heavy atom. The molecule has 1 saturated heterocycles. The van der Waals surface area contributed by atoms with Crippen molar-refractivity contribution < 1.29 is 9.59 Å². The number of ketones is 1. The number of H-pyrrole nitrogens is 1. The van der Waals surface area contributed by atoms with Crippen molar-refractivity contribution in [1.29, 1.82) is 0 Å². The lowest BCUT2D eigenvalue weighted by atomic mass is 9.98. The highest BCUT2D eigenvalue weighted by molar-refractivity contribution is 6.40. The van der Waals surface area contributed by atoms with Crippen molar-refractivity contribution in [3.05, 3.63) is 63.4 Å². The van der Waals surface area contributed by atoms with Gasteiger partial charge in [-0.25, -0.2) is 5.01 Å². The Morgan fingerprint density at radius 3 is 2.50 bits per heavy atom. The molecule has 28 heavy (non-hydrogen) atoms. The molecule has 1 aromatic heterocycles. The van der Waals surface area contributed by atoms with Crippen molar-refractivity contribution in [2.45, 2.75) is 6.42 Å². The van der Waals surface area contributed by atoms with Crippen LogP contribution in [0.1, 0.15) is 26.4 Å². The summed E-state index contributed by atoms with van der Waals surface area (Å²) in [7, 11) is 2.04. The normalized spacial score (nSPS) is 15.4. The van der Waals surface area contributed by atoms with Crippen LogP contribution in [0.25, 0.3) is 0 Å². The topological polar surface area (TPSA) is 81.3 Å². The first-order valence-corrected chi connectivity index (χ1v) is 9.55. The zero-order valence-electron chi connectivity index (χ0n) is 15.5. The molecule has 0 bridgehead atoms. The summed E-state index contributed by atoms with van der Waals surface area (Å²) in [4.78, 5) is 27.5. The molecular formula is C19H21Cl2N5O2. The summed E-state index contributed by atoms with van der Waals surface area (Å²) in [5.41, 5.74) is 4.23. The Balaban J connectivity index is 1.69. The molecular weight excluding hydrogens is 401 g/mol. The fraction of sp³-hybridized carbons (Fsp3) is 0.316. The molecule has 3 rings (SSSR count). The largest absolute Gasteiger partial charge is 0.304 e. The van der Waals surface area contributed by atoms with E-state index in [1.54, 1.807) is 18.2 Å². The van der Waals surface area contributed by atoms with Crippen LogP contribution in [-0.4, -0.2) is 65.0 Å². The second-order valence-electron chi connectivity index (χ2n) is 6.71. The number of carbonyl (C=O) groups excluding carboxylic acids is 2. The number of allylic oxidation sites excluding steroid dienone is 1. The third kappa shape index (κ3) is 4.62. The Labute approximate surface area is 173 Å². The summed E-state index contributed by atoms with van der Waals surface area (Å²) in [5.74, 6) is -0.657. The molecule has 0 spiro atoms. The van der Waals surface area contributed by atoms with Gasteiger partial charge in [-0.05, 0) is 24.8 Å². The Hall–Kier alpha value is -2.19. The summed E-state index contributed by atoms with van der Waals surface area (Å²) < 4.78 is 0. The lowest BCUT2D eigenvalue weighted by molar-refractivity contribution is 0.0656. The number of halogens is 2. The number of piperazine rings is 1. The van der Waals surface area contributed by atoms with Gasteiger partial charge in [0.25, 0.3) is 5.91 Å². The van der Waals surface area contributed by atoms with E-state index in [0.717, 1.165) is 26.2 Å². The smallest absolute Gasteiger partial charge is 0.283 e. The van der Waals surface area contributed by atoms with E-state index in [9.17, 15) is 9.59 Å². The second kappa shape index (κ2) is 8.87. The average Bonchev–Trinajstić information content (AvgIpc) is 3.11. The average molecular weight is 422 g/mol. The van der Waals surface area contributed by atoms with Gasteiger partial charge in [-0.15, -0.1) is 0 Å². The van der Waals surface area contributed by atoms with Gasteiger partial charge in [-0.1, -0.05) is 35.8 Å². The first-order valence-electron chi connectivity index (χ1n) is 8.80. The number of nitrogens with zero attached hydrogens (tertiary/aromatic N) is 3. The van der Waals surface area contributed by atoms with Gasteiger partial charge >= 0.3 is 0 Å². The molecule has 0 aliphatic carbocycles. The van der Waals surface area contributed by atoms with Gasteiger partial charge < -0.3 is 4.90 Å². The number of aromatic nitrogens is 2. The lowest BCUT2D eigenvalue weighted by Crippen LogP contribution is -2.52. The number of aromatic amines is 1. The molecule has 0 atom stereocenters. The number of hydrazine groups is 1. The van der Waals surface area contributed by atoms with E-state index in [1.807, 2.05) is 12.1 Å². The maximum absolute atomic E-state index is 12.7. The number of carbonyl (C=O) groups is 2. The first kappa shape index (κ1) is 20.5. The van der Waals surface area contributed by atoms with Gasteiger partial charge in [0.05, 0.1) is 21.8 Å². The first-order chi connectivity index (χ1) is 13.4. The van der Waals surface area contributed by atoms with Crippen molar-refractivity contribution in [2.24, 2.45) is 0 Å². The molecule has 2 heterocycles. The molecule has 2 aromatic rings. The Morgan fingerprint density at radius 2 is 1.86 bits per heavy atom. The molecule has 0 unspecified atom stereocenters.